The van der Waals surface area contributed by atoms with E-state index in [9.17, 15) is 4.79 Å². The number of rotatable bonds is 9. The highest BCUT2D eigenvalue weighted by Gasteiger charge is 2.45. The van der Waals surface area contributed by atoms with Crippen LogP contribution in [0.2, 0.25) is 0 Å². The molecule has 0 aromatic rings. The van der Waals surface area contributed by atoms with Crippen LogP contribution in [-0.4, -0.2) is 53.9 Å². The maximum absolute atomic E-state index is 10.8. The molecule has 16 heavy (non-hydrogen) atoms. The first-order chi connectivity index (χ1) is 7.56. The summed E-state index contributed by atoms with van der Waals surface area (Å²) in [5.41, 5.74) is 5.13. The summed E-state index contributed by atoms with van der Waals surface area (Å²) in [4.78, 5) is 10.8. The molecule has 0 atom stereocenters. The third kappa shape index (κ3) is 4.18. The molecule has 0 unspecified atom stereocenters. The Kier molecular flexibility index (Phi) is 7.51. The number of carbonyl (C=O) groups is 1. The monoisotopic (exact) mass is 250 g/mol. The zero-order valence-corrected chi connectivity index (χ0v) is 11.5. The second-order valence-electron chi connectivity index (χ2n) is 3.34. The van der Waals surface area contributed by atoms with Crippen LogP contribution in [0.3, 0.4) is 0 Å². The Morgan fingerprint density at radius 3 is 2.00 bits per heavy atom. The summed E-state index contributed by atoms with van der Waals surface area (Å²) in [5, 5.41) is 0. The largest absolute Gasteiger partial charge is 0.598 e. The van der Waals surface area contributed by atoms with E-state index in [1.165, 1.54) is 0 Å². The quantitative estimate of drug-likeness (QED) is 0.581. The van der Waals surface area contributed by atoms with E-state index >= 15 is 0 Å². The van der Waals surface area contributed by atoms with Crippen molar-refractivity contribution in [3.63, 3.8) is 0 Å². The van der Waals surface area contributed by atoms with Gasteiger partial charge in [-0.2, -0.15) is 0 Å². The normalized spacial score (nSPS) is 12.1. The van der Waals surface area contributed by atoms with Gasteiger partial charge in [0, 0.05) is 34.3 Å². The van der Waals surface area contributed by atoms with Crippen LogP contribution in [0, 0.1) is 0 Å². The lowest BCUT2D eigenvalue weighted by Gasteiger charge is -2.34. The number of nitrogens with zero attached hydrogens (tertiary/aromatic N) is 1. The van der Waals surface area contributed by atoms with E-state index in [-0.39, 0.29) is 12.3 Å². The van der Waals surface area contributed by atoms with E-state index in [0.717, 1.165) is 13.0 Å². The lowest BCUT2D eigenvalue weighted by atomic mass is 10.4. The fraction of sp³-hybridized carbons (Fsp3) is 0.889. The summed E-state index contributed by atoms with van der Waals surface area (Å²) in [5.74, 6) is -0.340. The van der Waals surface area contributed by atoms with Crippen molar-refractivity contribution in [2.45, 2.75) is 19.8 Å². The van der Waals surface area contributed by atoms with E-state index < -0.39 is 8.97 Å². The zero-order valence-electron chi connectivity index (χ0n) is 10.5. The topological polar surface area (TPSA) is 74.0 Å². The van der Waals surface area contributed by atoms with Gasteiger partial charge in [-0.15, -0.1) is 0 Å². The Hall–Kier alpha value is -0.473. The lowest BCUT2D eigenvalue weighted by molar-refractivity contribution is -0.118. The summed E-state index contributed by atoms with van der Waals surface area (Å²) in [6.07, 6.45) is 1.19. The lowest BCUT2D eigenvalue weighted by Crippen LogP contribution is -2.60. The number of nitrogens with two attached hydrogens (primary N) is 1. The molecule has 96 valence electrons. The van der Waals surface area contributed by atoms with E-state index in [0.29, 0.717) is 6.54 Å². The van der Waals surface area contributed by atoms with Gasteiger partial charge in [0.2, 0.25) is 5.91 Å². The molecule has 1 amide bonds. The number of hydrogen-bond donors (Lipinski definition) is 1. The predicted octanol–water partition coefficient (Wildman–Crippen LogP) is -0.0514. The maximum atomic E-state index is 10.8. The van der Waals surface area contributed by atoms with Gasteiger partial charge in [0.1, 0.15) is 0 Å². The third-order valence-electron chi connectivity index (χ3n) is 2.28. The second-order valence-corrected chi connectivity index (χ2v) is 6.24. The van der Waals surface area contributed by atoms with Crippen LogP contribution in [0.5, 0.6) is 0 Å². The number of hydrogen-bond acceptors (Lipinski definition) is 5. The summed E-state index contributed by atoms with van der Waals surface area (Å²) in [6.45, 7) is 3.28. The van der Waals surface area contributed by atoms with Crippen molar-refractivity contribution in [2.24, 2.45) is 5.73 Å². The van der Waals surface area contributed by atoms with Crippen molar-refractivity contribution < 1.29 is 18.1 Å². The molecule has 0 aromatic carbocycles. The molecule has 0 saturated heterocycles. The highest BCUT2D eigenvalue weighted by Crippen LogP contribution is 2.14. The summed E-state index contributed by atoms with van der Waals surface area (Å²) in [6, 6.07) is 0. The van der Waals surface area contributed by atoms with Gasteiger partial charge < -0.3 is 19.0 Å². The summed E-state index contributed by atoms with van der Waals surface area (Å²) < 4.78 is 18.0. The standard InChI is InChI=1S/C9H22N2O4Si/c1-5-7-11(8-6-9(10)12)16(13-2,14-3)15-4/h5-8H2,1-4H3,(H2,10,12). The third-order valence-corrected chi connectivity index (χ3v) is 5.05. The van der Waals surface area contributed by atoms with Gasteiger partial charge in [-0.1, -0.05) is 6.92 Å². The van der Waals surface area contributed by atoms with Gasteiger partial charge in [-0.05, 0) is 13.0 Å². The Balaban J connectivity index is 4.62. The average Bonchev–Trinajstić information content (AvgIpc) is 2.28. The first-order valence-corrected chi connectivity index (χ1v) is 6.92. The van der Waals surface area contributed by atoms with Gasteiger partial charge >= 0.3 is 8.97 Å². The van der Waals surface area contributed by atoms with E-state index in [2.05, 4.69) is 0 Å². The first-order valence-electron chi connectivity index (χ1n) is 5.25. The number of carbonyl (C=O) groups excluding carboxylic acids is 1. The zero-order chi connectivity index (χ0) is 12.6. The molecule has 0 bridgehead atoms. The van der Waals surface area contributed by atoms with Gasteiger partial charge in [0.25, 0.3) is 0 Å². The fourth-order valence-electron chi connectivity index (χ4n) is 1.54. The SMILES string of the molecule is CCCN(CCC(N)=O)[Si](OC)(OC)OC. The van der Waals surface area contributed by atoms with Crippen LogP contribution in [0.4, 0.5) is 0 Å². The predicted molar refractivity (Wildman–Crippen MR) is 62.5 cm³/mol. The smallest absolute Gasteiger partial charge is 0.370 e. The Labute approximate surface area is 98.1 Å². The van der Waals surface area contributed by atoms with Crippen LogP contribution in [-0.2, 0) is 18.1 Å². The van der Waals surface area contributed by atoms with Crippen molar-refractivity contribution in [3.8, 4) is 0 Å². The summed E-state index contributed by atoms with van der Waals surface area (Å²) in [7, 11) is 1.83. The molecule has 0 fully saturated rings. The first kappa shape index (κ1) is 15.5. The summed E-state index contributed by atoms with van der Waals surface area (Å²) >= 11 is 0. The molecule has 0 spiro atoms. The Morgan fingerprint density at radius 1 is 1.19 bits per heavy atom. The van der Waals surface area contributed by atoms with E-state index in [4.69, 9.17) is 19.0 Å². The van der Waals surface area contributed by atoms with Crippen molar-refractivity contribution in [2.75, 3.05) is 34.4 Å². The molecule has 0 heterocycles. The molecule has 0 aromatic heterocycles. The van der Waals surface area contributed by atoms with Crippen molar-refractivity contribution >= 4 is 14.9 Å². The average molecular weight is 250 g/mol. The van der Waals surface area contributed by atoms with Crippen LogP contribution < -0.4 is 5.73 Å². The molecule has 0 rings (SSSR count). The minimum atomic E-state index is -2.81. The molecule has 0 saturated carbocycles. The van der Waals surface area contributed by atoms with Crippen LogP contribution in [0.25, 0.3) is 0 Å². The number of amides is 1. The molecule has 0 radical (unpaired) electrons. The molecular weight excluding hydrogens is 228 g/mol. The van der Waals surface area contributed by atoms with Crippen molar-refractivity contribution in [1.29, 1.82) is 0 Å². The van der Waals surface area contributed by atoms with Gasteiger partial charge in [-0.25, -0.2) is 0 Å². The Morgan fingerprint density at radius 2 is 1.69 bits per heavy atom. The van der Waals surface area contributed by atoms with E-state index in [1.807, 2.05) is 11.5 Å². The van der Waals surface area contributed by atoms with Gasteiger partial charge in [-0.3, -0.25) is 9.36 Å². The molecule has 0 aliphatic heterocycles. The highest BCUT2D eigenvalue weighted by molar-refractivity contribution is 6.57. The molecule has 0 aliphatic carbocycles. The highest BCUT2D eigenvalue weighted by atomic mass is 28.4. The van der Waals surface area contributed by atoms with Crippen LogP contribution in [0.15, 0.2) is 0 Å². The van der Waals surface area contributed by atoms with Crippen LogP contribution in [0.1, 0.15) is 19.8 Å². The molecule has 0 aliphatic rings. The molecule has 2 N–H and O–H groups in total. The maximum Gasteiger partial charge on any atom is 0.598 e. The van der Waals surface area contributed by atoms with Crippen molar-refractivity contribution in [3.05, 3.63) is 0 Å². The van der Waals surface area contributed by atoms with Gasteiger partial charge in [0.15, 0.2) is 0 Å². The molecular formula is C9H22N2O4Si. The minimum absolute atomic E-state index is 0.269. The molecule has 6 nitrogen and oxygen atoms in total. The fourth-order valence-corrected chi connectivity index (χ4v) is 3.70. The van der Waals surface area contributed by atoms with Crippen LogP contribution >= 0.6 is 0 Å². The van der Waals surface area contributed by atoms with Crippen molar-refractivity contribution in [1.82, 2.24) is 4.57 Å². The Bertz CT molecular complexity index is 203. The minimum Gasteiger partial charge on any atom is -0.370 e. The molecule has 7 heteroatoms. The van der Waals surface area contributed by atoms with Gasteiger partial charge in [0.05, 0.1) is 0 Å². The van der Waals surface area contributed by atoms with E-state index in [1.54, 1.807) is 21.3 Å². The number of primary amides is 1. The second kappa shape index (κ2) is 7.74.